The van der Waals surface area contributed by atoms with Gasteiger partial charge in [-0.25, -0.2) is 0 Å². The van der Waals surface area contributed by atoms with E-state index in [1.165, 1.54) is 5.56 Å². The third kappa shape index (κ3) is 3.95. The highest BCUT2D eigenvalue weighted by molar-refractivity contribution is 5.93. The zero-order valence-corrected chi connectivity index (χ0v) is 14.2. The first-order chi connectivity index (χ1) is 12.2. The second kappa shape index (κ2) is 8.05. The number of hydrogen-bond donors (Lipinski definition) is 3. The van der Waals surface area contributed by atoms with E-state index >= 15 is 0 Å². The van der Waals surface area contributed by atoms with Crippen LogP contribution in [0.25, 0.3) is 6.08 Å². The summed E-state index contributed by atoms with van der Waals surface area (Å²) in [5.74, 6) is 0.0448. The summed E-state index contributed by atoms with van der Waals surface area (Å²) < 4.78 is 0. The number of aliphatic hydroxyl groups is 1. The number of benzene rings is 1. The lowest BCUT2D eigenvalue weighted by atomic mass is 9.77. The third-order valence-electron chi connectivity index (χ3n) is 4.58. The standard InChI is InChI=1S/C20H23N3O2/c1-2-4-14-6-8-15(9-7-14)19-17(23-18(19)13-24)12-22-20(25)16-5-3-10-21-11-16/h2-11,17-19,23-24H,12-13H2,1H3,(H,22,25)/b4-2+/t17-,18+,19+/m0/s1. The molecule has 1 aromatic heterocycles. The normalized spacial score (nSPS) is 22.6. The highest BCUT2D eigenvalue weighted by Crippen LogP contribution is 2.32. The predicted octanol–water partition coefficient (Wildman–Crippen LogP) is 1.96. The van der Waals surface area contributed by atoms with Gasteiger partial charge in [0, 0.05) is 36.9 Å². The SMILES string of the molecule is C/C=C/c1ccc([C@@H]2[C@H](CNC(=O)c3cccnc3)N[C@@H]2CO)cc1. The zero-order valence-electron chi connectivity index (χ0n) is 14.2. The molecule has 0 aliphatic carbocycles. The number of aromatic nitrogens is 1. The van der Waals surface area contributed by atoms with Gasteiger partial charge in [-0.2, -0.15) is 0 Å². The van der Waals surface area contributed by atoms with Crippen LogP contribution in [-0.4, -0.2) is 41.2 Å². The minimum absolute atomic E-state index is 0.0212. The number of amides is 1. The molecule has 1 amide bonds. The van der Waals surface area contributed by atoms with E-state index in [-0.39, 0.29) is 30.5 Å². The van der Waals surface area contributed by atoms with Crippen LogP contribution in [0.2, 0.25) is 0 Å². The first kappa shape index (κ1) is 17.3. The summed E-state index contributed by atoms with van der Waals surface area (Å²) >= 11 is 0. The van der Waals surface area contributed by atoms with Gasteiger partial charge in [0.15, 0.2) is 0 Å². The molecule has 5 heteroatoms. The molecule has 3 N–H and O–H groups in total. The molecular weight excluding hydrogens is 314 g/mol. The maximum Gasteiger partial charge on any atom is 0.252 e. The van der Waals surface area contributed by atoms with Crippen LogP contribution in [-0.2, 0) is 0 Å². The van der Waals surface area contributed by atoms with Crippen molar-refractivity contribution in [2.24, 2.45) is 0 Å². The molecule has 25 heavy (non-hydrogen) atoms. The minimum atomic E-state index is -0.135. The maximum atomic E-state index is 12.2. The molecule has 0 unspecified atom stereocenters. The van der Waals surface area contributed by atoms with Crippen molar-refractivity contribution in [2.75, 3.05) is 13.2 Å². The number of aliphatic hydroxyl groups excluding tert-OH is 1. The number of carbonyl (C=O) groups is 1. The Morgan fingerprint density at radius 1 is 1.28 bits per heavy atom. The molecule has 3 rings (SSSR count). The van der Waals surface area contributed by atoms with Crippen molar-refractivity contribution in [3.63, 3.8) is 0 Å². The number of carbonyl (C=O) groups excluding carboxylic acids is 1. The quantitative estimate of drug-likeness (QED) is 0.753. The van der Waals surface area contributed by atoms with Gasteiger partial charge in [0.05, 0.1) is 12.2 Å². The molecular formula is C20H23N3O2. The molecule has 3 atom stereocenters. The van der Waals surface area contributed by atoms with Crippen molar-refractivity contribution in [3.05, 3.63) is 71.6 Å². The Hall–Kier alpha value is -2.50. The summed E-state index contributed by atoms with van der Waals surface area (Å²) in [5.41, 5.74) is 2.87. The number of nitrogens with zero attached hydrogens (tertiary/aromatic N) is 1. The van der Waals surface area contributed by atoms with E-state index in [1.54, 1.807) is 24.5 Å². The average molecular weight is 337 g/mol. The summed E-state index contributed by atoms with van der Waals surface area (Å²) in [6.07, 6.45) is 7.26. The average Bonchev–Trinajstić information content (AvgIpc) is 2.63. The first-order valence-electron chi connectivity index (χ1n) is 8.50. The summed E-state index contributed by atoms with van der Waals surface area (Å²) in [6.45, 7) is 2.58. The lowest BCUT2D eigenvalue weighted by Crippen LogP contribution is -2.64. The summed E-state index contributed by atoms with van der Waals surface area (Å²) in [7, 11) is 0. The molecule has 1 saturated heterocycles. The molecule has 1 fully saturated rings. The van der Waals surface area contributed by atoms with E-state index in [0.29, 0.717) is 12.1 Å². The number of nitrogens with one attached hydrogen (secondary N) is 2. The van der Waals surface area contributed by atoms with E-state index < -0.39 is 0 Å². The second-order valence-electron chi connectivity index (χ2n) is 6.21. The van der Waals surface area contributed by atoms with Crippen LogP contribution in [0.3, 0.4) is 0 Å². The van der Waals surface area contributed by atoms with Gasteiger partial charge >= 0.3 is 0 Å². The molecule has 2 heterocycles. The van der Waals surface area contributed by atoms with Crippen molar-refractivity contribution in [3.8, 4) is 0 Å². The Bertz CT molecular complexity index is 728. The number of pyridine rings is 1. The number of allylic oxidation sites excluding steroid dienone is 1. The van der Waals surface area contributed by atoms with Gasteiger partial charge < -0.3 is 15.7 Å². The molecule has 1 aliphatic heterocycles. The van der Waals surface area contributed by atoms with Crippen LogP contribution < -0.4 is 10.6 Å². The zero-order chi connectivity index (χ0) is 17.6. The van der Waals surface area contributed by atoms with Gasteiger partial charge in [-0.05, 0) is 30.2 Å². The summed E-state index contributed by atoms with van der Waals surface area (Å²) in [4.78, 5) is 16.1. The molecule has 1 aliphatic rings. The Balaban J connectivity index is 1.64. The number of rotatable bonds is 6. The van der Waals surface area contributed by atoms with Gasteiger partial charge in [-0.15, -0.1) is 0 Å². The molecule has 0 bridgehead atoms. The van der Waals surface area contributed by atoms with Crippen LogP contribution >= 0.6 is 0 Å². The van der Waals surface area contributed by atoms with Gasteiger partial charge in [0.25, 0.3) is 5.91 Å². The monoisotopic (exact) mass is 337 g/mol. The van der Waals surface area contributed by atoms with Crippen molar-refractivity contribution in [1.82, 2.24) is 15.6 Å². The molecule has 0 saturated carbocycles. The molecule has 5 nitrogen and oxygen atoms in total. The van der Waals surface area contributed by atoms with Crippen LogP contribution in [0.15, 0.2) is 54.9 Å². The topological polar surface area (TPSA) is 74.2 Å². The first-order valence-corrected chi connectivity index (χ1v) is 8.50. The number of hydrogen-bond acceptors (Lipinski definition) is 4. The fourth-order valence-corrected chi connectivity index (χ4v) is 3.28. The molecule has 0 spiro atoms. The Morgan fingerprint density at radius 2 is 2.08 bits per heavy atom. The maximum absolute atomic E-state index is 12.2. The van der Waals surface area contributed by atoms with Crippen LogP contribution in [0.4, 0.5) is 0 Å². The van der Waals surface area contributed by atoms with Crippen LogP contribution in [0, 0.1) is 0 Å². The van der Waals surface area contributed by atoms with Crippen LogP contribution in [0.5, 0.6) is 0 Å². The molecule has 130 valence electrons. The second-order valence-corrected chi connectivity index (χ2v) is 6.21. The lowest BCUT2D eigenvalue weighted by molar-refractivity contribution is 0.0910. The van der Waals surface area contributed by atoms with E-state index in [9.17, 15) is 9.90 Å². The Morgan fingerprint density at radius 3 is 2.72 bits per heavy atom. The predicted molar refractivity (Wildman–Crippen MR) is 98.3 cm³/mol. The van der Waals surface area contributed by atoms with Gasteiger partial charge in [0.1, 0.15) is 0 Å². The summed E-state index contributed by atoms with van der Waals surface area (Å²) in [5, 5.41) is 15.8. The van der Waals surface area contributed by atoms with E-state index in [0.717, 1.165) is 5.56 Å². The van der Waals surface area contributed by atoms with Crippen molar-refractivity contribution in [1.29, 1.82) is 0 Å². The van der Waals surface area contributed by atoms with E-state index in [2.05, 4.69) is 46.0 Å². The fraction of sp³-hybridized carbons (Fsp3) is 0.300. The van der Waals surface area contributed by atoms with Crippen molar-refractivity contribution in [2.45, 2.75) is 24.9 Å². The van der Waals surface area contributed by atoms with Crippen molar-refractivity contribution >= 4 is 12.0 Å². The Kier molecular flexibility index (Phi) is 5.58. The minimum Gasteiger partial charge on any atom is -0.395 e. The largest absolute Gasteiger partial charge is 0.395 e. The van der Waals surface area contributed by atoms with Crippen molar-refractivity contribution < 1.29 is 9.90 Å². The third-order valence-corrected chi connectivity index (χ3v) is 4.58. The van der Waals surface area contributed by atoms with E-state index in [4.69, 9.17) is 0 Å². The molecule has 2 aromatic rings. The van der Waals surface area contributed by atoms with Crippen LogP contribution in [0.1, 0.15) is 34.3 Å². The highest BCUT2D eigenvalue weighted by atomic mass is 16.3. The van der Waals surface area contributed by atoms with Gasteiger partial charge in [-0.3, -0.25) is 9.78 Å². The molecule has 0 radical (unpaired) electrons. The highest BCUT2D eigenvalue weighted by Gasteiger charge is 2.40. The lowest BCUT2D eigenvalue weighted by Gasteiger charge is -2.46. The molecule has 1 aromatic carbocycles. The van der Waals surface area contributed by atoms with Gasteiger partial charge in [0.2, 0.25) is 0 Å². The van der Waals surface area contributed by atoms with Gasteiger partial charge in [-0.1, -0.05) is 36.4 Å². The smallest absolute Gasteiger partial charge is 0.252 e. The Labute approximate surface area is 147 Å². The summed E-state index contributed by atoms with van der Waals surface area (Å²) in [6, 6.07) is 12.0. The fourth-order valence-electron chi connectivity index (χ4n) is 3.28. The van der Waals surface area contributed by atoms with E-state index in [1.807, 2.05) is 13.0 Å².